The summed E-state index contributed by atoms with van der Waals surface area (Å²) in [6.07, 6.45) is 14.6. The number of hydroxylamine groups is 3. The lowest BCUT2D eigenvalue weighted by atomic mass is 9.32. The van der Waals surface area contributed by atoms with E-state index in [0.29, 0.717) is 59.8 Å². The molecular formula is C43H66NO4+. The maximum absolute atomic E-state index is 14.4. The van der Waals surface area contributed by atoms with Crippen molar-refractivity contribution in [1.82, 2.24) is 0 Å². The number of quaternary nitrogens is 1. The largest absolute Gasteiger partial charge is 0.465 e. The van der Waals surface area contributed by atoms with E-state index in [2.05, 4.69) is 66.7 Å². The van der Waals surface area contributed by atoms with E-state index >= 15 is 0 Å². The van der Waals surface area contributed by atoms with Crippen LogP contribution < -0.4 is 0 Å². The van der Waals surface area contributed by atoms with Gasteiger partial charge in [-0.15, -0.1) is 0 Å². The molecule has 1 aromatic carbocycles. The Morgan fingerprint density at radius 2 is 1.58 bits per heavy atom. The van der Waals surface area contributed by atoms with Gasteiger partial charge in [-0.2, -0.15) is 4.65 Å². The third-order valence-electron chi connectivity index (χ3n) is 16.2. The van der Waals surface area contributed by atoms with Crippen LogP contribution in [0.25, 0.3) is 5.57 Å². The molecule has 0 aromatic heterocycles. The number of ketones is 1. The average Bonchev–Trinajstić information content (AvgIpc) is 3.42. The molecule has 5 nitrogen and oxygen atoms in total. The standard InChI is InChI=1S/C43H66NO4/c1-28(2)31-19-24-43(36(45)12-11-27-44(8,9)47)26-25-41(6)33(37(31)43)17-18-35-40(5)22-20-32(29-13-15-30(16-14-29)38(46)48-10)39(3,4)34(40)21-23-42(35,41)7/h13-16,20,28,31,33-35,37,47H,11-12,17-19,21-27H2,1-10H3/q+1/t31-,33+,34-,35+,37+,40-,41+,42+,43+/m0/s1. The number of esters is 1. The maximum atomic E-state index is 14.4. The SMILES string of the molecule is COC(=O)c1ccc(C2=CC[C@]3(C)[C@H]4CC[C@@H]5[C@H]6[C@H](C(C)C)CC[C@]6(C(=O)CCC[N+](C)(C)O)CC[C@@]5(C)[C@]4(C)CC[C@H]3C2(C)C)cc1. The van der Waals surface area contributed by atoms with Gasteiger partial charge >= 0.3 is 5.97 Å². The van der Waals surface area contributed by atoms with Crippen molar-refractivity contribution in [1.29, 1.82) is 0 Å². The lowest BCUT2D eigenvalue weighted by Crippen LogP contribution is -2.66. The van der Waals surface area contributed by atoms with Gasteiger partial charge in [0.05, 0.1) is 26.8 Å². The molecule has 0 heterocycles. The van der Waals surface area contributed by atoms with E-state index in [-0.39, 0.29) is 37.7 Å². The Bertz CT molecular complexity index is 1440. The number of allylic oxidation sites excluding steroid dienone is 2. The van der Waals surface area contributed by atoms with Gasteiger partial charge in [-0.05, 0) is 138 Å². The second kappa shape index (κ2) is 12.1. The minimum atomic E-state index is -0.284. The number of carbonyl (C=O) groups excluding carboxylic acids is 2. The van der Waals surface area contributed by atoms with Gasteiger partial charge in [0, 0.05) is 18.3 Å². The first-order chi connectivity index (χ1) is 22.4. The summed E-state index contributed by atoms with van der Waals surface area (Å²) in [6, 6.07) is 8.07. The van der Waals surface area contributed by atoms with Crippen LogP contribution in [0.3, 0.4) is 0 Å². The summed E-state index contributed by atoms with van der Waals surface area (Å²) in [6.45, 7) is 18.4. The van der Waals surface area contributed by atoms with Gasteiger partial charge in [0.2, 0.25) is 0 Å². The molecule has 48 heavy (non-hydrogen) atoms. The molecule has 0 bridgehead atoms. The number of Topliss-reactive ketones (excluding diaryl/α,β-unsaturated/α-hetero) is 1. The first-order valence-corrected chi connectivity index (χ1v) is 19.3. The highest BCUT2D eigenvalue weighted by atomic mass is 16.5. The van der Waals surface area contributed by atoms with E-state index < -0.39 is 0 Å². The van der Waals surface area contributed by atoms with Crippen LogP contribution in [-0.2, 0) is 9.53 Å². The van der Waals surface area contributed by atoms with Gasteiger partial charge in [0.15, 0.2) is 0 Å². The topological polar surface area (TPSA) is 63.6 Å². The summed E-state index contributed by atoms with van der Waals surface area (Å²) in [4.78, 5) is 26.5. The smallest absolute Gasteiger partial charge is 0.337 e. The molecule has 4 saturated carbocycles. The van der Waals surface area contributed by atoms with Crippen LogP contribution in [0.1, 0.15) is 135 Å². The normalized spacial score (nSPS) is 40.2. The van der Waals surface area contributed by atoms with E-state index in [1.807, 2.05) is 26.2 Å². The van der Waals surface area contributed by atoms with Gasteiger partial charge < -0.3 is 4.74 Å². The molecule has 1 N–H and O–H groups in total. The Hall–Kier alpha value is -1.98. The van der Waals surface area contributed by atoms with Crippen molar-refractivity contribution in [2.45, 2.75) is 119 Å². The molecule has 0 amide bonds. The third-order valence-corrected chi connectivity index (χ3v) is 16.2. The number of nitrogens with zero attached hydrogens (tertiary/aromatic N) is 1. The summed E-state index contributed by atoms with van der Waals surface area (Å²) >= 11 is 0. The van der Waals surface area contributed by atoms with Gasteiger partial charge in [-0.25, -0.2) is 10.0 Å². The Morgan fingerprint density at radius 3 is 2.21 bits per heavy atom. The van der Waals surface area contributed by atoms with Gasteiger partial charge in [-0.3, -0.25) is 4.79 Å². The number of methoxy groups -OCH3 is 1. The molecule has 266 valence electrons. The van der Waals surface area contributed by atoms with E-state index in [4.69, 9.17) is 4.74 Å². The molecule has 5 heteroatoms. The molecular weight excluding hydrogens is 594 g/mol. The Morgan fingerprint density at radius 1 is 0.896 bits per heavy atom. The van der Waals surface area contributed by atoms with Crippen LogP contribution in [0.15, 0.2) is 30.3 Å². The van der Waals surface area contributed by atoms with Crippen LogP contribution in [0.5, 0.6) is 0 Å². The molecule has 0 radical (unpaired) electrons. The quantitative estimate of drug-likeness (QED) is 0.171. The van der Waals surface area contributed by atoms with Crippen molar-refractivity contribution in [3.05, 3.63) is 41.5 Å². The summed E-state index contributed by atoms with van der Waals surface area (Å²) < 4.78 is 4.90. The van der Waals surface area contributed by atoms with E-state index in [1.165, 1.54) is 56.8 Å². The molecule has 5 aliphatic rings. The van der Waals surface area contributed by atoms with Crippen LogP contribution in [0.4, 0.5) is 0 Å². The van der Waals surface area contributed by atoms with Crippen LogP contribution in [0.2, 0.25) is 0 Å². The average molecular weight is 661 g/mol. The summed E-state index contributed by atoms with van der Waals surface area (Å²) in [7, 11) is 5.06. The zero-order valence-corrected chi connectivity index (χ0v) is 32.0. The van der Waals surface area contributed by atoms with Crippen molar-refractivity contribution < 1.29 is 24.2 Å². The van der Waals surface area contributed by atoms with Crippen molar-refractivity contribution >= 4 is 17.3 Å². The Kier molecular flexibility index (Phi) is 9.01. The molecule has 5 aliphatic carbocycles. The fourth-order valence-corrected chi connectivity index (χ4v) is 13.7. The van der Waals surface area contributed by atoms with E-state index in [9.17, 15) is 14.8 Å². The third kappa shape index (κ3) is 5.30. The first-order valence-electron chi connectivity index (χ1n) is 19.3. The zero-order chi connectivity index (χ0) is 35.1. The minimum Gasteiger partial charge on any atom is -0.465 e. The molecule has 0 unspecified atom stereocenters. The highest BCUT2D eigenvalue weighted by Gasteiger charge is 2.71. The second-order valence-corrected chi connectivity index (χ2v) is 19.3. The lowest BCUT2D eigenvalue weighted by Gasteiger charge is -2.72. The minimum absolute atomic E-state index is 0.0308. The number of carbonyl (C=O) groups is 2. The Labute approximate surface area is 291 Å². The van der Waals surface area contributed by atoms with Crippen LogP contribution in [-0.4, -0.2) is 49.4 Å². The molecule has 6 rings (SSSR count). The monoisotopic (exact) mass is 660 g/mol. The first kappa shape index (κ1) is 35.8. The second-order valence-electron chi connectivity index (χ2n) is 19.3. The summed E-state index contributed by atoms with van der Waals surface area (Å²) in [5.74, 6) is 3.81. The van der Waals surface area contributed by atoms with Crippen molar-refractivity contribution in [2.75, 3.05) is 27.7 Å². The van der Waals surface area contributed by atoms with E-state index in [0.717, 1.165) is 25.7 Å². The Balaban J connectivity index is 1.31. The van der Waals surface area contributed by atoms with Crippen molar-refractivity contribution in [3.8, 4) is 0 Å². The zero-order valence-electron chi connectivity index (χ0n) is 32.0. The lowest BCUT2D eigenvalue weighted by molar-refractivity contribution is -1.07. The molecule has 0 spiro atoms. The number of hydrogen-bond acceptors (Lipinski definition) is 4. The van der Waals surface area contributed by atoms with E-state index in [1.54, 1.807) is 0 Å². The van der Waals surface area contributed by atoms with Crippen LogP contribution >= 0.6 is 0 Å². The maximum Gasteiger partial charge on any atom is 0.337 e. The number of benzene rings is 1. The number of rotatable bonds is 8. The van der Waals surface area contributed by atoms with Gasteiger partial charge in [0.25, 0.3) is 0 Å². The number of fused-ring (bicyclic) bond motifs is 7. The van der Waals surface area contributed by atoms with Gasteiger partial charge in [-0.1, -0.05) is 66.7 Å². The molecule has 4 fully saturated rings. The molecule has 0 aliphatic heterocycles. The fraction of sp³-hybridized carbons (Fsp3) is 0.767. The summed E-state index contributed by atoms with van der Waals surface area (Å²) in [5.41, 5.74) is 3.85. The van der Waals surface area contributed by atoms with Crippen LogP contribution in [0, 0.1) is 62.6 Å². The van der Waals surface area contributed by atoms with Gasteiger partial charge in [0.1, 0.15) is 12.3 Å². The van der Waals surface area contributed by atoms with Crippen molar-refractivity contribution in [2.24, 2.45) is 62.6 Å². The highest BCUT2D eigenvalue weighted by molar-refractivity contribution is 5.90. The molecule has 0 saturated heterocycles. The molecule has 1 aromatic rings. The predicted molar refractivity (Wildman–Crippen MR) is 193 cm³/mol. The molecule has 9 atom stereocenters. The number of hydrogen-bond donors (Lipinski definition) is 1. The fourth-order valence-electron chi connectivity index (χ4n) is 13.7. The number of ether oxygens (including phenoxy) is 1. The summed E-state index contributed by atoms with van der Waals surface area (Å²) in [5, 5.41) is 10.3. The highest BCUT2D eigenvalue weighted by Crippen LogP contribution is 2.78. The predicted octanol–water partition coefficient (Wildman–Crippen LogP) is 10.0. The van der Waals surface area contributed by atoms with Crippen molar-refractivity contribution in [3.63, 3.8) is 0 Å².